The van der Waals surface area contributed by atoms with Gasteiger partial charge in [0.2, 0.25) is 0 Å². The number of aliphatic hydroxyl groups excluding tert-OH is 1. The van der Waals surface area contributed by atoms with E-state index in [1.807, 2.05) is 0 Å². The van der Waals surface area contributed by atoms with E-state index in [4.69, 9.17) is 0 Å². The van der Waals surface area contributed by atoms with Crippen LogP contribution in [0.2, 0.25) is 0 Å². The third-order valence-electron chi connectivity index (χ3n) is 3.77. The van der Waals surface area contributed by atoms with Crippen LogP contribution in [0.25, 0.3) is 0 Å². The second-order valence-corrected chi connectivity index (χ2v) is 5.05. The zero-order valence-electron chi connectivity index (χ0n) is 10.6. The van der Waals surface area contributed by atoms with Crippen molar-refractivity contribution in [1.29, 1.82) is 0 Å². The van der Waals surface area contributed by atoms with Gasteiger partial charge in [-0.25, -0.2) is 0 Å². The second kappa shape index (κ2) is 4.75. The Bertz CT molecular complexity index is 494. The first kappa shape index (κ1) is 12.3. The van der Waals surface area contributed by atoms with Crippen LogP contribution in [0.5, 0.6) is 0 Å². The Kier molecular flexibility index (Phi) is 3.08. The maximum atomic E-state index is 12.1. The first-order valence-corrected chi connectivity index (χ1v) is 6.52. The smallest absolute Gasteiger partial charge is 0.261 e. The molecule has 0 aromatic heterocycles. The lowest BCUT2D eigenvalue weighted by atomic mass is 10.1. The third kappa shape index (κ3) is 2.15. The average Bonchev–Trinajstić information content (AvgIpc) is 2.93. The largest absolute Gasteiger partial charge is 0.392 e. The van der Waals surface area contributed by atoms with Gasteiger partial charge in [-0.05, 0) is 18.6 Å². The quantitative estimate of drug-likeness (QED) is 0.797. The SMILES string of the molecule is O=C1c2ccccc2C(=O)N1CCN1CC[C@H](O)C1. The summed E-state index contributed by atoms with van der Waals surface area (Å²) < 4.78 is 0. The van der Waals surface area contributed by atoms with Gasteiger partial charge in [-0.3, -0.25) is 19.4 Å². The Labute approximate surface area is 111 Å². The molecule has 1 aromatic carbocycles. The summed E-state index contributed by atoms with van der Waals surface area (Å²) in [6.07, 6.45) is 0.490. The molecule has 100 valence electrons. The van der Waals surface area contributed by atoms with Crippen LogP contribution in [0.1, 0.15) is 27.1 Å². The van der Waals surface area contributed by atoms with E-state index < -0.39 is 0 Å². The molecular weight excluding hydrogens is 244 g/mol. The van der Waals surface area contributed by atoms with Gasteiger partial charge in [0.25, 0.3) is 11.8 Å². The molecule has 0 spiro atoms. The summed E-state index contributed by atoms with van der Waals surface area (Å²) >= 11 is 0. The summed E-state index contributed by atoms with van der Waals surface area (Å²) in [5.41, 5.74) is 0.989. The molecule has 1 N–H and O–H groups in total. The number of amides is 2. The van der Waals surface area contributed by atoms with Crippen molar-refractivity contribution < 1.29 is 14.7 Å². The zero-order chi connectivity index (χ0) is 13.4. The summed E-state index contributed by atoms with van der Waals surface area (Å²) in [5, 5.41) is 9.45. The van der Waals surface area contributed by atoms with E-state index >= 15 is 0 Å². The molecule has 1 atom stereocenters. The molecule has 5 nitrogen and oxygen atoms in total. The van der Waals surface area contributed by atoms with Crippen molar-refractivity contribution in [2.24, 2.45) is 0 Å². The summed E-state index contributed by atoms with van der Waals surface area (Å²) in [4.78, 5) is 27.6. The predicted molar refractivity (Wildman–Crippen MR) is 68.9 cm³/mol. The minimum Gasteiger partial charge on any atom is -0.392 e. The van der Waals surface area contributed by atoms with Crippen LogP contribution in [0.3, 0.4) is 0 Å². The fraction of sp³-hybridized carbons (Fsp3) is 0.429. The van der Waals surface area contributed by atoms with E-state index in [9.17, 15) is 14.7 Å². The standard InChI is InChI=1S/C14H16N2O3/c17-10-5-6-15(9-10)7-8-16-13(18)11-3-1-2-4-12(11)14(16)19/h1-4,10,17H,5-9H2/t10-/m0/s1. The second-order valence-electron chi connectivity index (χ2n) is 5.05. The van der Waals surface area contributed by atoms with Gasteiger partial charge < -0.3 is 5.11 Å². The van der Waals surface area contributed by atoms with E-state index in [1.54, 1.807) is 24.3 Å². The number of rotatable bonds is 3. The molecule has 1 aromatic rings. The van der Waals surface area contributed by atoms with Gasteiger partial charge in [0.1, 0.15) is 0 Å². The Balaban J connectivity index is 1.67. The molecular formula is C14H16N2O3. The van der Waals surface area contributed by atoms with Crippen molar-refractivity contribution in [1.82, 2.24) is 9.80 Å². The molecule has 2 heterocycles. The summed E-state index contributed by atoms with van der Waals surface area (Å²) in [6.45, 7) is 2.47. The van der Waals surface area contributed by atoms with E-state index in [2.05, 4.69) is 4.90 Å². The van der Waals surface area contributed by atoms with Crippen molar-refractivity contribution in [2.75, 3.05) is 26.2 Å². The molecule has 1 fully saturated rings. The molecule has 1 saturated heterocycles. The fourth-order valence-electron chi connectivity index (χ4n) is 2.70. The van der Waals surface area contributed by atoms with Gasteiger partial charge in [0, 0.05) is 26.2 Å². The number of carbonyl (C=O) groups excluding carboxylic acids is 2. The molecule has 2 aliphatic heterocycles. The highest BCUT2D eigenvalue weighted by atomic mass is 16.3. The number of aliphatic hydroxyl groups is 1. The number of carbonyl (C=O) groups is 2. The maximum absolute atomic E-state index is 12.1. The highest BCUT2D eigenvalue weighted by Gasteiger charge is 2.35. The van der Waals surface area contributed by atoms with E-state index in [1.165, 1.54) is 4.90 Å². The van der Waals surface area contributed by atoms with E-state index in [0.29, 0.717) is 30.8 Å². The van der Waals surface area contributed by atoms with Crippen molar-refractivity contribution >= 4 is 11.8 Å². The monoisotopic (exact) mass is 260 g/mol. The molecule has 0 saturated carbocycles. The minimum absolute atomic E-state index is 0.208. The lowest BCUT2D eigenvalue weighted by Gasteiger charge is -2.19. The molecule has 2 amide bonds. The van der Waals surface area contributed by atoms with Gasteiger partial charge in [-0.1, -0.05) is 12.1 Å². The number of benzene rings is 1. The van der Waals surface area contributed by atoms with Gasteiger partial charge >= 0.3 is 0 Å². The molecule has 0 aliphatic carbocycles. The van der Waals surface area contributed by atoms with E-state index in [0.717, 1.165) is 13.0 Å². The highest BCUT2D eigenvalue weighted by molar-refractivity contribution is 6.21. The maximum Gasteiger partial charge on any atom is 0.261 e. The number of β-amino-alcohol motifs (C(OH)–C–C–N with tert-alkyl or cyclic N) is 1. The predicted octanol–water partition coefficient (Wildman–Crippen LogP) is 0.349. The van der Waals surface area contributed by atoms with Crippen LogP contribution in [-0.2, 0) is 0 Å². The molecule has 0 unspecified atom stereocenters. The van der Waals surface area contributed by atoms with Gasteiger partial charge in [0.15, 0.2) is 0 Å². The topological polar surface area (TPSA) is 60.9 Å². The highest BCUT2D eigenvalue weighted by Crippen LogP contribution is 2.22. The number of hydrogen-bond acceptors (Lipinski definition) is 4. The number of imide groups is 1. The van der Waals surface area contributed by atoms with Crippen molar-refractivity contribution in [3.05, 3.63) is 35.4 Å². The fourth-order valence-corrected chi connectivity index (χ4v) is 2.70. The molecule has 2 aliphatic rings. The molecule has 0 bridgehead atoms. The van der Waals surface area contributed by atoms with Crippen LogP contribution in [0.15, 0.2) is 24.3 Å². The first-order chi connectivity index (χ1) is 9.16. The van der Waals surface area contributed by atoms with Crippen LogP contribution < -0.4 is 0 Å². The molecule has 3 rings (SSSR count). The van der Waals surface area contributed by atoms with Crippen LogP contribution in [-0.4, -0.2) is 59.0 Å². The van der Waals surface area contributed by atoms with Crippen molar-refractivity contribution in [3.8, 4) is 0 Å². The first-order valence-electron chi connectivity index (χ1n) is 6.52. The minimum atomic E-state index is -0.276. The van der Waals surface area contributed by atoms with Crippen molar-refractivity contribution in [2.45, 2.75) is 12.5 Å². The van der Waals surface area contributed by atoms with Crippen LogP contribution in [0, 0.1) is 0 Å². The summed E-state index contributed by atoms with van der Waals surface area (Å²) in [7, 11) is 0. The zero-order valence-corrected chi connectivity index (χ0v) is 10.6. The lowest BCUT2D eigenvalue weighted by Crippen LogP contribution is -2.37. The molecule has 5 heteroatoms. The Morgan fingerprint density at radius 1 is 1.11 bits per heavy atom. The Hall–Kier alpha value is -1.72. The number of likely N-dealkylation sites (tertiary alicyclic amines) is 1. The lowest BCUT2D eigenvalue weighted by molar-refractivity contribution is 0.0638. The van der Waals surface area contributed by atoms with E-state index in [-0.39, 0.29) is 17.9 Å². The Morgan fingerprint density at radius 2 is 1.74 bits per heavy atom. The van der Waals surface area contributed by atoms with Gasteiger partial charge in [-0.2, -0.15) is 0 Å². The van der Waals surface area contributed by atoms with Gasteiger partial charge in [0.05, 0.1) is 17.2 Å². The number of hydrogen-bond donors (Lipinski definition) is 1. The number of nitrogens with zero attached hydrogens (tertiary/aromatic N) is 2. The summed E-state index contributed by atoms with van der Waals surface area (Å²) in [5.74, 6) is -0.416. The molecule has 19 heavy (non-hydrogen) atoms. The third-order valence-corrected chi connectivity index (χ3v) is 3.77. The van der Waals surface area contributed by atoms with Crippen LogP contribution >= 0.6 is 0 Å². The Morgan fingerprint density at radius 3 is 2.26 bits per heavy atom. The normalized spacial score (nSPS) is 23.2. The van der Waals surface area contributed by atoms with Crippen LogP contribution in [0.4, 0.5) is 0 Å². The van der Waals surface area contributed by atoms with Crippen molar-refractivity contribution in [3.63, 3.8) is 0 Å². The van der Waals surface area contributed by atoms with Gasteiger partial charge in [-0.15, -0.1) is 0 Å². The molecule has 0 radical (unpaired) electrons. The summed E-state index contributed by atoms with van der Waals surface area (Å²) in [6, 6.07) is 6.92. The average molecular weight is 260 g/mol. The number of fused-ring (bicyclic) bond motifs is 1.